The maximum atomic E-state index is 12.1. The van der Waals surface area contributed by atoms with Gasteiger partial charge in [0.1, 0.15) is 5.01 Å². The molecular weight excluding hydrogens is 304 g/mol. The van der Waals surface area contributed by atoms with Crippen molar-refractivity contribution in [2.75, 3.05) is 39.5 Å². The molecule has 3 amide bonds. The number of rotatable bonds is 4. The van der Waals surface area contributed by atoms with Gasteiger partial charge < -0.3 is 20.9 Å². The van der Waals surface area contributed by atoms with E-state index in [1.807, 2.05) is 0 Å². The van der Waals surface area contributed by atoms with Crippen LogP contribution in [0.3, 0.4) is 0 Å². The molecule has 3 N–H and O–H groups in total. The molecular formula is C13H22N6O2S. The average molecular weight is 326 g/mol. The maximum Gasteiger partial charge on any atom is 0.319 e. The number of anilines is 1. The van der Waals surface area contributed by atoms with E-state index in [1.165, 1.54) is 11.3 Å². The number of nitrogens with zero attached hydrogens (tertiary/aromatic N) is 4. The quantitative estimate of drug-likeness (QED) is 0.821. The third kappa shape index (κ3) is 4.30. The number of aromatic nitrogens is 2. The fourth-order valence-electron chi connectivity index (χ4n) is 2.42. The summed E-state index contributed by atoms with van der Waals surface area (Å²) in [7, 11) is 3.47. The van der Waals surface area contributed by atoms with E-state index in [4.69, 9.17) is 5.73 Å². The van der Waals surface area contributed by atoms with E-state index in [0.717, 1.165) is 5.01 Å². The zero-order chi connectivity index (χ0) is 16.1. The highest BCUT2D eigenvalue weighted by atomic mass is 32.1. The van der Waals surface area contributed by atoms with Crippen LogP contribution in [-0.4, -0.2) is 65.7 Å². The number of nitrogens with two attached hydrogens (primary N) is 1. The lowest BCUT2D eigenvalue weighted by Gasteiger charge is -2.33. The number of piperidine rings is 1. The van der Waals surface area contributed by atoms with Gasteiger partial charge in [0.05, 0.1) is 0 Å². The zero-order valence-electron chi connectivity index (χ0n) is 12.9. The fraction of sp³-hybridized carbons (Fsp3) is 0.692. The Morgan fingerprint density at radius 2 is 2.05 bits per heavy atom. The van der Waals surface area contributed by atoms with E-state index in [9.17, 15) is 9.59 Å². The molecule has 1 fully saturated rings. The van der Waals surface area contributed by atoms with Gasteiger partial charge >= 0.3 is 6.03 Å². The van der Waals surface area contributed by atoms with Crippen molar-refractivity contribution in [3.8, 4) is 0 Å². The van der Waals surface area contributed by atoms with E-state index in [-0.39, 0.29) is 17.9 Å². The molecule has 1 saturated heterocycles. The summed E-state index contributed by atoms with van der Waals surface area (Å²) in [5.74, 6) is 0.0279. The highest BCUT2D eigenvalue weighted by molar-refractivity contribution is 7.15. The summed E-state index contributed by atoms with van der Waals surface area (Å²) >= 11 is 1.34. The van der Waals surface area contributed by atoms with Crippen molar-refractivity contribution >= 4 is 28.4 Å². The van der Waals surface area contributed by atoms with Crippen LogP contribution >= 0.6 is 11.3 Å². The number of amides is 3. The summed E-state index contributed by atoms with van der Waals surface area (Å²) in [6, 6.07) is 0.00715. The second kappa shape index (κ2) is 7.39. The predicted molar refractivity (Wildman–Crippen MR) is 84.4 cm³/mol. The summed E-state index contributed by atoms with van der Waals surface area (Å²) in [6.45, 7) is 1.79. The molecule has 8 nitrogen and oxygen atoms in total. The van der Waals surface area contributed by atoms with E-state index >= 15 is 0 Å². The van der Waals surface area contributed by atoms with Gasteiger partial charge in [0, 0.05) is 46.1 Å². The van der Waals surface area contributed by atoms with Crippen LogP contribution in [0, 0.1) is 5.92 Å². The molecule has 22 heavy (non-hydrogen) atoms. The van der Waals surface area contributed by atoms with Crippen molar-refractivity contribution in [3.63, 3.8) is 0 Å². The molecule has 2 rings (SSSR count). The second-order valence-electron chi connectivity index (χ2n) is 5.51. The lowest BCUT2D eigenvalue weighted by Crippen LogP contribution is -2.46. The van der Waals surface area contributed by atoms with Crippen LogP contribution < -0.4 is 11.1 Å². The molecule has 0 spiro atoms. The minimum absolute atomic E-state index is 0.00715. The minimum atomic E-state index is -0.0225. The summed E-state index contributed by atoms with van der Waals surface area (Å²) < 4.78 is 0. The van der Waals surface area contributed by atoms with Gasteiger partial charge in [-0.2, -0.15) is 0 Å². The molecule has 1 aromatic heterocycles. The first-order chi connectivity index (χ1) is 10.5. The van der Waals surface area contributed by atoms with Crippen LogP contribution in [0.5, 0.6) is 0 Å². The fourth-order valence-corrected chi connectivity index (χ4v) is 3.03. The molecule has 0 aliphatic carbocycles. The highest BCUT2D eigenvalue weighted by Crippen LogP contribution is 2.18. The van der Waals surface area contributed by atoms with Crippen molar-refractivity contribution in [3.05, 3.63) is 5.01 Å². The Kier molecular flexibility index (Phi) is 5.53. The maximum absolute atomic E-state index is 12.1. The normalized spacial score (nSPS) is 15.6. The lowest BCUT2D eigenvalue weighted by atomic mass is 9.96. The minimum Gasteiger partial charge on any atom is -0.374 e. The SMILES string of the molecule is CN(C)C(=O)N1CCC(C(=O)NCCc2nnc(N)s2)CC1. The average Bonchev–Trinajstić information content (AvgIpc) is 2.92. The Morgan fingerprint density at radius 3 is 2.59 bits per heavy atom. The molecule has 1 aliphatic heterocycles. The molecule has 9 heteroatoms. The Bertz CT molecular complexity index is 524. The van der Waals surface area contributed by atoms with Crippen molar-refractivity contribution in [1.82, 2.24) is 25.3 Å². The van der Waals surface area contributed by atoms with Gasteiger partial charge in [-0.3, -0.25) is 4.79 Å². The van der Waals surface area contributed by atoms with Gasteiger partial charge in [-0.15, -0.1) is 10.2 Å². The number of hydrogen-bond acceptors (Lipinski definition) is 6. The largest absolute Gasteiger partial charge is 0.374 e. The summed E-state index contributed by atoms with van der Waals surface area (Å²) in [6.07, 6.45) is 2.05. The van der Waals surface area contributed by atoms with Crippen LogP contribution in [0.15, 0.2) is 0 Å². The molecule has 0 atom stereocenters. The molecule has 2 heterocycles. The molecule has 0 unspecified atom stereocenters. The standard InChI is InChI=1S/C13H22N6O2S/c1-18(2)13(21)19-7-4-9(5-8-19)11(20)15-6-3-10-16-17-12(14)22-10/h9H,3-8H2,1-2H3,(H2,14,17)(H,15,20). The molecule has 1 aromatic rings. The van der Waals surface area contributed by atoms with E-state index in [0.29, 0.717) is 44.0 Å². The first-order valence-electron chi connectivity index (χ1n) is 7.29. The van der Waals surface area contributed by atoms with Crippen molar-refractivity contribution in [1.29, 1.82) is 0 Å². The Balaban J connectivity index is 1.70. The van der Waals surface area contributed by atoms with Crippen molar-refractivity contribution in [2.45, 2.75) is 19.3 Å². The molecule has 122 valence electrons. The predicted octanol–water partition coefficient (Wildman–Crippen LogP) is 0.173. The van der Waals surface area contributed by atoms with Gasteiger partial charge in [0.25, 0.3) is 0 Å². The lowest BCUT2D eigenvalue weighted by molar-refractivity contribution is -0.126. The van der Waals surface area contributed by atoms with Crippen LogP contribution in [0.25, 0.3) is 0 Å². The number of carbonyl (C=O) groups excluding carboxylic acids is 2. The van der Waals surface area contributed by atoms with Crippen LogP contribution in [-0.2, 0) is 11.2 Å². The Labute approximate surface area is 133 Å². The molecule has 0 aromatic carbocycles. The third-order valence-electron chi connectivity index (χ3n) is 3.64. The van der Waals surface area contributed by atoms with Crippen molar-refractivity contribution < 1.29 is 9.59 Å². The number of hydrogen-bond donors (Lipinski definition) is 2. The van der Waals surface area contributed by atoms with E-state index < -0.39 is 0 Å². The van der Waals surface area contributed by atoms with Crippen LogP contribution in [0.4, 0.5) is 9.93 Å². The van der Waals surface area contributed by atoms with E-state index in [2.05, 4.69) is 15.5 Å². The zero-order valence-corrected chi connectivity index (χ0v) is 13.7. The van der Waals surface area contributed by atoms with Crippen molar-refractivity contribution in [2.24, 2.45) is 5.92 Å². The first kappa shape index (κ1) is 16.5. The van der Waals surface area contributed by atoms with Crippen LogP contribution in [0.1, 0.15) is 17.8 Å². The number of urea groups is 1. The summed E-state index contributed by atoms with van der Waals surface area (Å²) in [5.41, 5.74) is 5.51. The first-order valence-corrected chi connectivity index (χ1v) is 8.11. The second-order valence-corrected chi connectivity index (χ2v) is 6.61. The molecule has 0 saturated carbocycles. The Morgan fingerprint density at radius 1 is 1.36 bits per heavy atom. The number of nitrogens with one attached hydrogen (secondary N) is 1. The number of likely N-dealkylation sites (tertiary alicyclic amines) is 1. The summed E-state index contributed by atoms with van der Waals surface area (Å²) in [5, 5.41) is 11.8. The van der Waals surface area contributed by atoms with Gasteiger partial charge in [-0.25, -0.2) is 4.79 Å². The van der Waals surface area contributed by atoms with Gasteiger partial charge in [0.15, 0.2) is 0 Å². The monoisotopic (exact) mass is 326 g/mol. The third-order valence-corrected chi connectivity index (χ3v) is 4.45. The van der Waals surface area contributed by atoms with E-state index in [1.54, 1.807) is 23.9 Å². The number of carbonyl (C=O) groups is 2. The topological polar surface area (TPSA) is 104 Å². The highest BCUT2D eigenvalue weighted by Gasteiger charge is 2.27. The smallest absolute Gasteiger partial charge is 0.319 e. The van der Waals surface area contributed by atoms with Gasteiger partial charge in [-0.1, -0.05) is 11.3 Å². The number of nitrogen functional groups attached to an aromatic ring is 1. The molecule has 0 radical (unpaired) electrons. The van der Waals surface area contributed by atoms with Gasteiger partial charge in [-0.05, 0) is 12.8 Å². The molecule has 0 bridgehead atoms. The van der Waals surface area contributed by atoms with Gasteiger partial charge in [0.2, 0.25) is 11.0 Å². The van der Waals surface area contributed by atoms with Crippen LogP contribution in [0.2, 0.25) is 0 Å². The summed E-state index contributed by atoms with van der Waals surface area (Å²) in [4.78, 5) is 27.3. The Hall–Kier alpha value is -1.90. The molecule has 1 aliphatic rings.